The molecule has 0 aliphatic carbocycles. The molecular formula is C19H23FN2O. The summed E-state index contributed by atoms with van der Waals surface area (Å²) in [5.74, 6) is 0.146. The minimum absolute atomic E-state index is 0.167. The number of nitrogens with zero attached hydrogens (tertiary/aromatic N) is 2. The van der Waals surface area contributed by atoms with Gasteiger partial charge in [-0.3, -0.25) is 4.90 Å². The van der Waals surface area contributed by atoms with Crippen molar-refractivity contribution in [3.8, 4) is 5.75 Å². The lowest BCUT2D eigenvalue weighted by Crippen LogP contribution is -2.46. The second-order valence-corrected chi connectivity index (χ2v) is 6.08. The van der Waals surface area contributed by atoms with Crippen LogP contribution >= 0.6 is 0 Å². The third kappa shape index (κ3) is 4.45. The Balaban J connectivity index is 1.40. The monoisotopic (exact) mass is 314 g/mol. The summed E-state index contributed by atoms with van der Waals surface area (Å²) in [4.78, 5) is 4.84. The molecule has 0 spiro atoms. The Bertz CT molecular complexity index is 602. The normalized spacial score (nSPS) is 15.8. The standard InChI is InChI=1S/C19H23FN2O/c20-17-5-3-16(4-6-17)2-1-11-21-12-14-22(15-13-21)18-7-9-19(23)10-8-18/h3-10,23H,1-2,11-15H2. The molecule has 122 valence electrons. The molecule has 1 aliphatic heterocycles. The van der Waals surface area contributed by atoms with Gasteiger partial charge in [0, 0.05) is 31.9 Å². The maximum absolute atomic E-state index is 12.9. The van der Waals surface area contributed by atoms with E-state index in [0.717, 1.165) is 45.6 Å². The number of anilines is 1. The Morgan fingerprint density at radius 3 is 2.17 bits per heavy atom. The second kappa shape index (κ2) is 7.47. The fourth-order valence-corrected chi connectivity index (χ4v) is 3.05. The predicted molar refractivity (Wildman–Crippen MR) is 91.5 cm³/mol. The molecule has 23 heavy (non-hydrogen) atoms. The predicted octanol–water partition coefficient (Wildman–Crippen LogP) is 3.29. The zero-order valence-corrected chi connectivity index (χ0v) is 13.3. The molecule has 2 aromatic carbocycles. The molecule has 2 aromatic rings. The number of phenolic OH excluding ortho intramolecular Hbond substituents is 1. The van der Waals surface area contributed by atoms with Crippen LogP contribution in [0.5, 0.6) is 5.75 Å². The fraction of sp³-hybridized carbons (Fsp3) is 0.368. The number of aromatic hydroxyl groups is 1. The third-order valence-electron chi connectivity index (χ3n) is 4.44. The summed E-state index contributed by atoms with van der Waals surface area (Å²) in [7, 11) is 0. The molecule has 0 amide bonds. The van der Waals surface area contributed by atoms with Crippen LogP contribution in [-0.4, -0.2) is 42.7 Å². The first-order chi connectivity index (χ1) is 11.2. The van der Waals surface area contributed by atoms with Gasteiger partial charge in [0.15, 0.2) is 0 Å². The molecule has 0 aromatic heterocycles. The van der Waals surface area contributed by atoms with Crippen LogP contribution in [0.2, 0.25) is 0 Å². The Labute approximate surface area is 137 Å². The van der Waals surface area contributed by atoms with Gasteiger partial charge in [0.05, 0.1) is 0 Å². The highest BCUT2D eigenvalue weighted by atomic mass is 19.1. The van der Waals surface area contributed by atoms with Gasteiger partial charge in [0.2, 0.25) is 0 Å². The molecule has 1 saturated heterocycles. The maximum atomic E-state index is 12.9. The first-order valence-corrected chi connectivity index (χ1v) is 8.21. The van der Waals surface area contributed by atoms with Crippen molar-refractivity contribution < 1.29 is 9.50 Å². The van der Waals surface area contributed by atoms with Crippen LogP contribution < -0.4 is 4.90 Å². The molecule has 0 radical (unpaired) electrons. The largest absolute Gasteiger partial charge is 0.508 e. The number of hydrogen-bond donors (Lipinski definition) is 1. The summed E-state index contributed by atoms with van der Waals surface area (Å²) < 4.78 is 12.9. The van der Waals surface area contributed by atoms with Gasteiger partial charge in [-0.1, -0.05) is 12.1 Å². The van der Waals surface area contributed by atoms with Gasteiger partial charge in [-0.05, 0) is 61.3 Å². The second-order valence-electron chi connectivity index (χ2n) is 6.08. The minimum atomic E-state index is -0.167. The topological polar surface area (TPSA) is 26.7 Å². The Hall–Kier alpha value is -2.07. The zero-order valence-electron chi connectivity index (χ0n) is 13.3. The highest BCUT2D eigenvalue weighted by molar-refractivity contribution is 5.49. The van der Waals surface area contributed by atoms with Crippen LogP contribution in [0, 0.1) is 5.82 Å². The van der Waals surface area contributed by atoms with Gasteiger partial charge in [0.25, 0.3) is 0 Å². The lowest BCUT2D eigenvalue weighted by atomic mass is 10.1. The van der Waals surface area contributed by atoms with E-state index < -0.39 is 0 Å². The molecule has 3 nitrogen and oxygen atoms in total. The quantitative estimate of drug-likeness (QED) is 0.917. The van der Waals surface area contributed by atoms with Gasteiger partial charge in [0.1, 0.15) is 11.6 Å². The van der Waals surface area contributed by atoms with Crippen molar-refractivity contribution in [2.75, 3.05) is 37.6 Å². The molecule has 0 saturated carbocycles. The van der Waals surface area contributed by atoms with Crippen molar-refractivity contribution in [1.82, 2.24) is 4.90 Å². The van der Waals surface area contributed by atoms with Gasteiger partial charge < -0.3 is 10.0 Å². The molecule has 0 bridgehead atoms. The number of aryl methyl sites for hydroxylation is 1. The van der Waals surface area contributed by atoms with Crippen LogP contribution in [0.25, 0.3) is 0 Å². The third-order valence-corrected chi connectivity index (χ3v) is 4.44. The van der Waals surface area contributed by atoms with Crippen LogP contribution in [0.4, 0.5) is 10.1 Å². The smallest absolute Gasteiger partial charge is 0.123 e. The number of phenols is 1. The Morgan fingerprint density at radius 2 is 1.52 bits per heavy atom. The van der Waals surface area contributed by atoms with E-state index in [9.17, 15) is 9.50 Å². The highest BCUT2D eigenvalue weighted by Gasteiger charge is 2.16. The highest BCUT2D eigenvalue weighted by Crippen LogP contribution is 2.20. The molecule has 0 unspecified atom stereocenters. The van der Waals surface area contributed by atoms with Crippen molar-refractivity contribution in [3.05, 3.63) is 59.9 Å². The lowest BCUT2D eigenvalue weighted by molar-refractivity contribution is 0.255. The number of hydrogen-bond acceptors (Lipinski definition) is 3. The summed E-state index contributed by atoms with van der Waals surface area (Å²) in [5, 5.41) is 9.36. The van der Waals surface area contributed by atoms with Crippen molar-refractivity contribution in [2.24, 2.45) is 0 Å². The molecule has 1 fully saturated rings. The van der Waals surface area contributed by atoms with Gasteiger partial charge in [-0.15, -0.1) is 0 Å². The summed E-state index contributed by atoms with van der Waals surface area (Å²) in [6, 6.07) is 14.2. The van der Waals surface area contributed by atoms with Crippen molar-refractivity contribution in [3.63, 3.8) is 0 Å². The van der Waals surface area contributed by atoms with E-state index >= 15 is 0 Å². The van der Waals surface area contributed by atoms with E-state index in [1.165, 1.54) is 23.4 Å². The zero-order chi connectivity index (χ0) is 16.1. The SMILES string of the molecule is Oc1ccc(N2CCN(CCCc3ccc(F)cc3)CC2)cc1. The summed E-state index contributed by atoms with van der Waals surface area (Å²) in [5.41, 5.74) is 2.38. The molecule has 4 heteroatoms. The van der Waals surface area contributed by atoms with E-state index in [1.807, 2.05) is 24.3 Å². The van der Waals surface area contributed by atoms with Crippen molar-refractivity contribution in [2.45, 2.75) is 12.8 Å². The van der Waals surface area contributed by atoms with Crippen LogP contribution in [0.3, 0.4) is 0 Å². The first-order valence-electron chi connectivity index (χ1n) is 8.21. The summed E-state index contributed by atoms with van der Waals surface area (Å²) in [6.07, 6.45) is 2.10. The average Bonchev–Trinajstić information content (AvgIpc) is 2.58. The van der Waals surface area contributed by atoms with Crippen LogP contribution in [0.1, 0.15) is 12.0 Å². The maximum Gasteiger partial charge on any atom is 0.123 e. The molecule has 3 rings (SSSR count). The van der Waals surface area contributed by atoms with Crippen LogP contribution in [0.15, 0.2) is 48.5 Å². The summed E-state index contributed by atoms with van der Waals surface area (Å²) in [6.45, 7) is 5.23. The van der Waals surface area contributed by atoms with Gasteiger partial charge >= 0.3 is 0 Å². The fourth-order valence-electron chi connectivity index (χ4n) is 3.05. The number of rotatable bonds is 5. The van der Waals surface area contributed by atoms with Crippen molar-refractivity contribution in [1.29, 1.82) is 0 Å². The average molecular weight is 314 g/mol. The molecule has 1 aliphatic rings. The first kappa shape index (κ1) is 15.8. The van der Waals surface area contributed by atoms with E-state index in [4.69, 9.17) is 0 Å². The lowest BCUT2D eigenvalue weighted by Gasteiger charge is -2.36. The van der Waals surface area contributed by atoms with E-state index in [-0.39, 0.29) is 5.82 Å². The Kier molecular flexibility index (Phi) is 5.13. The Morgan fingerprint density at radius 1 is 0.870 bits per heavy atom. The number of benzene rings is 2. The van der Waals surface area contributed by atoms with Crippen LogP contribution in [-0.2, 0) is 6.42 Å². The minimum Gasteiger partial charge on any atom is -0.508 e. The van der Waals surface area contributed by atoms with E-state index in [2.05, 4.69) is 9.80 Å². The van der Waals surface area contributed by atoms with Gasteiger partial charge in [-0.2, -0.15) is 0 Å². The molecule has 0 atom stereocenters. The molecular weight excluding hydrogens is 291 g/mol. The molecule has 1 heterocycles. The van der Waals surface area contributed by atoms with Gasteiger partial charge in [-0.25, -0.2) is 4.39 Å². The van der Waals surface area contributed by atoms with E-state index in [0.29, 0.717) is 5.75 Å². The number of halogens is 1. The van der Waals surface area contributed by atoms with Crippen molar-refractivity contribution >= 4 is 5.69 Å². The summed E-state index contributed by atoms with van der Waals surface area (Å²) >= 11 is 0. The van der Waals surface area contributed by atoms with E-state index in [1.54, 1.807) is 12.1 Å². The number of piperazine rings is 1. The molecule has 1 N–H and O–H groups in total.